The van der Waals surface area contributed by atoms with Gasteiger partial charge in [0.25, 0.3) is 5.91 Å². The van der Waals surface area contributed by atoms with Gasteiger partial charge in [-0.3, -0.25) is 9.59 Å². The average molecular weight is 478 g/mol. The molecule has 2 saturated heterocycles. The smallest absolute Gasteiger partial charge is 0.255 e. The summed E-state index contributed by atoms with van der Waals surface area (Å²) in [5.74, 6) is -0.450. The number of benzene rings is 2. The Labute approximate surface area is 192 Å². The number of carbonyl (C=O) groups excluding carboxylic acids is 2. The van der Waals surface area contributed by atoms with Crippen molar-refractivity contribution < 1.29 is 22.7 Å². The SMILES string of the molecule is Cc1ccc(NC(=O)c2ccc(Cl)c(N3CCCC3=O)c2)cc1S(=O)(=O)N1CCOCC1. The van der Waals surface area contributed by atoms with Crippen LogP contribution in [-0.2, 0) is 19.6 Å². The highest BCUT2D eigenvalue weighted by molar-refractivity contribution is 7.89. The van der Waals surface area contributed by atoms with E-state index in [9.17, 15) is 18.0 Å². The van der Waals surface area contributed by atoms with Crippen LogP contribution in [0.5, 0.6) is 0 Å². The molecule has 2 fully saturated rings. The van der Waals surface area contributed by atoms with Gasteiger partial charge >= 0.3 is 0 Å². The number of morpholine rings is 1. The van der Waals surface area contributed by atoms with Gasteiger partial charge in [-0.2, -0.15) is 4.31 Å². The zero-order chi connectivity index (χ0) is 22.9. The van der Waals surface area contributed by atoms with Crippen molar-refractivity contribution in [2.24, 2.45) is 0 Å². The molecule has 2 aliphatic rings. The van der Waals surface area contributed by atoms with Crippen LogP contribution in [0.3, 0.4) is 0 Å². The van der Waals surface area contributed by atoms with Crippen LogP contribution in [0.15, 0.2) is 41.3 Å². The normalized spacial score (nSPS) is 17.6. The topological polar surface area (TPSA) is 96.0 Å². The number of carbonyl (C=O) groups is 2. The number of hydrogen-bond acceptors (Lipinski definition) is 5. The summed E-state index contributed by atoms with van der Waals surface area (Å²) in [5, 5.41) is 3.15. The Morgan fingerprint density at radius 3 is 2.53 bits per heavy atom. The lowest BCUT2D eigenvalue weighted by Crippen LogP contribution is -2.40. The summed E-state index contributed by atoms with van der Waals surface area (Å²) in [6.45, 7) is 3.57. The molecular formula is C22H24ClN3O5S. The van der Waals surface area contributed by atoms with Crippen molar-refractivity contribution in [1.29, 1.82) is 0 Å². The summed E-state index contributed by atoms with van der Waals surface area (Å²) in [6.07, 6.45) is 1.20. The highest BCUT2D eigenvalue weighted by Crippen LogP contribution is 2.31. The molecule has 0 bridgehead atoms. The molecule has 0 atom stereocenters. The Bertz CT molecular complexity index is 1160. The molecular weight excluding hydrogens is 454 g/mol. The number of ether oxygens (including phenoxy) is 1. The zero-order valence-corrected chi connectivity index (χ0v) is 19.2. The van der Waals surface area contributed by atoms with E-state index in [0.29, 0.717) is 66.8 Å². The van der Waals surface area contributed by atoms with Crippen LogP contribution >= 0.6 is 11.6 Å². The van der Waals surface area contributed by atoms with Crippen LogP contribution in [0.4, 0.5) is 11.4 Å². The monoisotopic (exact) mass is 477 g/mol. The third-order valence-corrected chi connectivity index (χ3v) is 7.97. The molecule has 2 aromatic rings. The zero-order valence-electron chi connectivity index (χ0n) is 17.6. The molecule has 0 spiro atoms. The quantitative estimate of drug-likeness (QED) is 0.714. The van der Waals surface area contributed by atoms with E-state index in [1.54, 1.807) is 42.2 Å². The van der Waals surface area contributed by atoms with E-state index in [-0.39, 0.29) is 10.8 Å². The van der Waals surface area contributed by atoms with Crippen LogP contribution in [0.2, 0.25) is 5.02 Å². The maximum atomic E-state index is 13.1. The lowest BCUT2D eigenvalue weighted by molar-refractivity contribution is -0.117. The van der Waals surface area contributed by atoms with Gasteiger partial charge in [0.15, 0.2) is 0 Å². The van der Waals surface area contributed by atoms with Crippen molar-refractivity contribution in [2.75, 3.05) is 43.1 Å². The van der Waals surface area contributed by atoms with Gasteiger partial charge in [-0.05, 0) is 49.2 Å². The fourth-order valence-electron chi connectivity index (χ4n) is 3.85. The molecule has 10 heteroatoms. The lowest BCUT2D eigenvalue weighted by Gasteiger charge is -2.26. The molecule has 0 saturated carbocycles. The number of nitrogens with one attached hydrogen (secondary N) is 1. The molecule has 2 aromatic carbocycles. The Kier molecular flexibility index (Phi) is 6.52. The Hall–Kier alpha value is -2.46. The molecule has 170 valence electrons. The van der Waals surface area contributed by atoms with E-state index in [1.807, 2.05) is 0 Å². The predicted molar refractivity (Wildman–Crippen MR) is 122 cm³/mol. The van der Waals surface area contributed by atoms with E-state index in [4.69, 9.17) is 16.3 Å². The predicted octanol–water partition coefficient (Wildman–Crippen LogP) is 3.05. The van der Waals surface area contributed by atoms with Crippen LogP contribution in [0.25, 0.3) is 0 Å². The molecule has 2 heterocycles. The number of amides is 2. The molecule has 8 nitrogen and oxygen atoms in total. The van der Waals surface area contributed by atoms with E-state index in [2.05, 4.69) is 5.32 Å². The van der Waals surface area contributed by atoms with Crippen LogP contribution < -0.4 is 10.2 Å². The van der Waals surface area contributed by atoms with Crippen LogP contribution in [-0.4, -0.2) is 57.4 Å². The summed E-state index contributed by atoms with van der Waals surface area (Å²) in [6, 6.07) is 9.53. The van der Waals surface area contributed by atoms with Gasteiger partial charge in [-0.15, -0.1) is 0 Å². The summed E-state index contributed by atoms with van der Waals surface area (Å²) in [7, 11) is -3.70. The van der Waals surface area contributed by atoms with Gasteiger partial charge in [0, 0.05) is 37.3 Å². The van der Waals surface area contributed by atoms with Gasteiger partial charge in [0.05, 0.1) is 28.8 Å². The largest absolute Gasteiger partial charge is 0.379 e. The van der Waals surface area contributed by atoms with Crippen LogP contribution in [0.1, 0.15) is 28.8 Å². The second-order valence-corrected chi connectivity index (χ2v) is 10.1. The summed E-state index contributed by atoms with van der Waals surface area (Å²) in [5.41, 5.74) is 1.78. The number of hydrogen-bond donors (Lipinski definition) is 1. The maximum absolute atomic E-state index is 13.1. The van der Waals surface area contributed by atoms with Crippen molar-refractivity contribution in [1.82, 2.24) is 4.31 Å². The number of rotatable bonds is 5. The van der Waals surface area contributed by atoms with Gasteiger partial charge < -0.3 is 15.0 Å². The highest BCUT2D eigenvalue weighted by atomic mass is 35.5. The van der Waals surface area contributed by atoms with Crippen molar-refractivity contribution in [3.05, 3.63) is 52.5 Å². The molecule has 4 rings (SSSR count). The minimum atomic E-state index is -3.70. The maximum Gasteiger partial charge on any atom is 0.255 e. The first kappa shape index (κ1) is 22.7. The summed E-state index contributed by atoms with van der Waals surface area (Å²) >= 11 is 6.26. The van der Waals surface area contributed by atoms with Crippen molar-refractivity contribution in [3.63, 3.8) is 0 Å². The molecule has 0 unspecified atom stereocenters. The minimum absolute atomic E-state index is 0.0269. The van der Waals surface area contributed by atoms with Gasteiger partial charge in [0.2, 0.25) is 15.9 Å². The van der Waals surface area contributed by atoms with Gasteiger partial charge in [0.1, 0.15) is 0 Å². The van der Waals surface area contributed by atoms with E-state index in [0.717, 1.165) is 6.42 Å². The second-order valence-electron chi connectivity index (χ2n) is 7.77. The standard InChI is InChI=1S/C22H24ClN3O5S/c1-15-4-6-17(14-20(15)32(29,30)25-9-11-31-12-10-25)24-22(28)16-5-7-18(23)19(13-16)26-8-2-3-21(26)27/h4-7,13-14H,2-3,8-12H2,1H3,(H,24,28). The number of nitrogens with zero attached hydrogens (tertiary/aromatic N) is 2. The molecule has 1 N–H and O–H groups in total. The Balaban J connectivity index is 1.58. The molecule has 0 aromatic heterocycles. The van der Waals surface area contributed by atoms with E-state index < -0.39 is 15.9 Å². The molecule has 0 aliphatic carbocycles. The van der Waals surface area contributed by atoms with E-state index >= 15 is 0 Å². The Morgan fingerprint density at radius 2 is 1.84 bits per heavy atom. The fourth-order valence-corrected chi connectivity index (χ4v) is 5.73. The lowest BCUT2D eigenvalue weighted by atomic mass is 10.1. The van der Waals surface area contributed by atoms with Gasteiger partial charge in [-0.1, -0.05) is 17.7 Å². The summed E-state index contributed by atoms with van der Waals surface area (Å²) < 4.78 is 32.8. The highest BCUT2D eigenvalue weighted by Gasteiger charge is 2.28. The third-order valence-electron chi connectivity index (χ3n) is 5.61. The van der Waals surface area contributed by atoms with Crippen molar-refractivity contribution in [3.8, 4) is 0 Å². The van der Waals surface area contributed by atoms with E-state index in [1.165, 1.54) is 10.4 Å². The van der Waals surface area contributed by atoms with Crippen molar-refractivity contribution >= 4 is 44.8 Å². The first-order valence-electron chi connectivity index (χ1n) is 10.4. The van der Waals surface area contributed by atoms with Gasteiger partial charge in [-0.25, -0.2) is 8.42 Å². The minimum Gasteiger partial charge on any atom is -0.379 e. The third kappa shape index (κ3) is 4.52. The van der Waals surface area contributed by atoms with Crippen LogP contribution in [0, 0.1) is 6.92 Å². The molecule has 0 radical (unpaired) electrons. The number of sulfonamides is 1. The average Bonchev–Trinajstić information content (AvgIpc) is 3.21. The number of anilines is 2. The first-order chi connectivity index (χ1) is 15.3. The van der Waals surface area contributed by atoms with Crippen molar-refractivity contribution in [2.45, 2.75) is 24.7 Å². The molecule has 32 heavy (non-hydrogen) atoms. The second kappa shape index (κ2) is 9.19. The number of halogens is 1. The molecule has 2 aliphatic heterocycles. The molecule has 2 amide bonds. The number of aryl methyl sites for hydroxylation is 1. The first-order valence-corrected chi connectivity index (χ1v) is 12.2. The fraction of sp³-hybridized carbons (Fsp3) is 0.364. The Morgan fingerprint density at radius 1 is 1.09 bits per heavy atom. The summed E-state index contributed by atoms with van der Waals surface area (Å²) in [4.78, 5) is 26.7.